The summed E-state index contributed by atoms with van der Waals surface area (Å²) in [5.41, 5.74) is 0.0726. The molecule has 0 aromatic heterocycles. The highest BCUT2D eigenvalue weighted by atomic mass is 16.3. The summed E-state index contributed by atoms with van der Waals surface area (Å²) in [6, 6.07) is 0. The van der Waals surface area contributed by atoms with Gasteiger partial charge in [0.15, 0.2) is 0 Å². The molecule has 16 heavy (non-hydrogen) atoms. The van der Waals surface area contributed by atoms with Gasteiger partial charge in [0.25, 0.3) is 0 Å². The van der Waals surface area contributed by atoms with E-state index in [0.717, 1.165) is 19.6 Å². The van der Waals surface area contributed by atoms with Crippen molar-refractivity contribution in [1.29, 1.82) is 0 Å². The number of β-amino-alcohol motifs (C(OH)–C–C–N with tert-alkyl or cyclic N) is 1. The summed E-state index contributed by atoms with van der Waals surface area (Å²) in [7, 11) is 6.17. The van der Waals surface area contributed by atoms with Gasteiger partial charge < -0.3 is 20.2 Å². The minimum absolute atomic E-state index is 0.0726. The van der Waals surface area contributed by atoms with Crippen LogP contribution in [-0.2, 0) is 0 Å². The van der Waals surface area contributed by atoms with Crippen LogP contribution in [0.4, 0.5) is 0 Å². The van der Waals surface area contributed by atoms with Gasteiger partial charge in [-0.05, 0) is 41.9 Å². The molecule has 0 aromatic rings. The molecule has 0 amide bonds. The lowest BCUT2D eigenvalue weighted by atomic mass is 10.1. The molecule has 0 bridgehead atoms. The Balaban J connectivity index is 3.66. The van der Waals surface area contributed by atoms with Gasteiger partial charge in [-0.1, -0.05) is 0 Å². The van der Waals surface area contributed by atoms with Crippen molar-refractivity contribution in [2.75, 3.05) is 47.3 Å². The molecule has 0 saturated heterocycles. The highest BCUT2D eigenvalue weighted by Gasteiger charge is 2.13. The molecule has 0 aromatic carbocycles. The lowest BCUT2D eigenvalue weighted by Gasteiger charge is -2.26. The zero-order valence-electron chi connectivity index (χ0n) is 11.7. The van der Waals surface area contributed by atoms with Crippen LogP contribution in [0.2, 0.25) is 0 Å². The number of aliphatic hydroxyl groups excluding tert-OH is 1. The van der Waals surface area contributed by atoms with Crippen molar-refractivity contribution >= 4 is 0 Å². The second kappa shape index (κ2) is 7.22. The number of rotatable bonds is 7. The third-order valence-electron chi connectivity index (χ3n) is 2.32. The monoisotopic (exact) mass is 231 g/mol. The molecule has 2 N–H and O–H groups in total. The van der Waals surface area contributed by atoms with Crippen molar-refractivity contribution in [3.63, 3.8) is 0 Å². The topological polar surface area (TPSA) is 38.7 Å². The Morgan fingerprint density at radius 2 is 1.69 bits per heavy atom. The van der Waals surface area contributed by atoms with Crippen molar-refractivity contribution in [2.45, 2.75) is 32.4 Å². The summed E-state index contributed by atoms with van der Waals surface area (Å²) < 4.78 is 0. The second-order valence-corrected chi connectivity index (χ2v) is 5.85. The van der Waals surface area contributed by atoms with Gasteiger partial charge in [0.05, 0.1) is 6.10 Å². The lowest BCUT2D eigenvalue weighted by molar-refractivity contribution is 0.114. The average Bonchev–Trinajstić information content (AvgIpc) is 2.10. The van der Waals surface area contributed by atoms with Crippen LogP contribution in [0.5, 0.6) is 0 Å². The number of aliphatic hydroxyl groups is 1. The van der Waals surface area contributed by atoms with Crippen LogP contribution in [-0.4, -0.2) is 73.9 Å². The quantitative estimate of drug-likeness (QED) is 0.658. The third kappa shape index (κ3) is 10.4. The van der Waals surface area contributed by atoms with Crippen molar-refractivity contribution in [2.24, 2.45) is 0 Å². The molecular formula is C12H29N3O. The fourth-order valence-electron chi connectivity index (χ4n) is 1.31. The molecule has 1 unspecified atom stereocenters. The summed E-state index contributed by atoms with van der Waals surface area (Å²) in [6.45, 7) is 9.70. The Hall–Kier alpha value is -0.160. The van der Waals surface area contributed by atoms with Gasteiger partial charge in [0.2, 0.25) is 0 Å². The molecule has 0 heterocycles. The highest BCUT2D eigenvalue weighted by molar-refractivity contribution is 4.74. The molecule has 0 rings (SSSR count). The standard InChI is InChI=1S/C12H29N3O/c1-12(2,3)13-9-11(16)10-15(6)8-7-14(4)5/h11,13,16H,7-10H2,1-6H3. The summed E-state index contributed by atoms with van der Waals surface area (Å²) in [6.07, 6.45) is -0.300. The van der Waals surface area contributed by atoms with Gasteiger partial charge in [-0.25, -0.2) is 0 Å². The zero-order valence-corrected chi connectivity index (χ0v) is 11.7. The van der Waals surface area contributed by atoms with E-state index < -0.39 is 0 Å². The molecule has 98 valence electrons. The predicted octanol–water partition coefficient (Wildman–Crippen LogP) is 0.229. The number of hydrogen-bond donors (Lipinski definition) is 2. The fraction of sp³-hybridized carbons (Fsp3) is 1.00. The summed E-state index contributed by atoms with van der Waals surface area (Å²) in [5.74, 6) is 0. The third-order valence-corrected chi connectivity index (χ3v) is 2.32. The molecule has 0 radical (unpaired) electrons. The van der Waals surface area contributed by atoms with E-state index >= 15 is 0 Å². The largest absolute Gasteiger partial charge is 0.390 e. The normalized spacial score (nSPS) is 14.8. The molecule has 0 aliphatic carbocycles. The van der Waals surface area contributed by atoms with E-state index in [0.29, 0.717) is 6.54 Å². The maximum atomic E-state index is 9.83. The van der Waals surface area contributed by atoms with Crippen molar-refractivity contribution in [3.05, 3.63) is 0 Å². The van der Waals surface area contributed by atoms with Crippen molar-refractivity contribution < 1.29 is 5.11 Å². The number of hydrogen-bond acceptors (Lipinski definition) is 4. The minimum atomic E-state index is -0.300. The molecule has 4 heteroatoms. The Labute approximate surface area is 101 Å². The van der Waals surface area contributed by atoms with Gasteiger partial charge in [0.1, 0.15) is 0 Å². The van der Waals surface area contributed by atoms with E-state index in [9.17, 15) is 5.11 Å². The van der Waals surface area contributed by atoms with E-state index in [1.807, 2.05) is 7.05 Å². The summed E-state index contributed by atoms with van der Waals surface area (Å²) in [5, 5.41) is 13.1. The first-order valence-electron chi connectivity index (χ1n) is 5.97. The van der Waals surface area contributed by atoms with Crippen molar-refractivity contribution in [1.82, 2.24) is 15.1 Å². The predicted molar refractivity (Wildman–Crippen MR) is 69.8 cm³/mol. The van der Waals surface area contributed by atoms with Crippen LogP contribution in [0.1, 0.15) is 20.8 Å². The molecule has 4 nitrogen and oxygen atoms in total. The molecule has 0 aliphatic heterocycles. The second-order valence-electron chi connectivity index (χ2n) is 5.85. The molecule has 0 saturated carbocycles. The molecular weight excluding hydrogens is 202 g/mol. The SMILES string of the molecule is CN(C)CCN(C)CC(O)CNC(C)(C)C. The summed E-state index contributed by atoms with van der Waals surface area (Å²) in [4.78, 5) is 4.31. The molecule has 1 atom stereocenters. The first kappa shape index (κ1) is 15.8. The van der Waals surface area contributed by atoms with E-state index in [2.05, 4.69) is 50.0 Å². The summed E-state index contributed by atoms with van der Waals surface area (Å²) >= 11 is 0. The Bertz CT molecular complexity index is 178. The Kier molecular flexibility index (Phi) is 7.15. The smallest absolute Gasteiger partial charge is 0.0791 e. The van der Waals surface area contributed by atoms with Crippen LogP contribution in [0.15, 0.2) is 0 Å². The number of nitrogens with zero attached hydrogens (tertiary/aromatic N) is 2. The highest BCUT2D eigenvalue weighted by Crippen LogP contribution is 1.99. The average molecular weight is 231 g/mol. The van der Waals surface area contributed by atoms with Crippen LogP contribution >= 0.6 is 0 Å². The van der Waals surface area contributed by atoms with E-state index in [-0.39, 0.29) is 11.6 Å². The maximum Gasteiger partial charge on any atom is 0.0791 e. The molecule has 0 aliphatic rings. The number of nitrogens with one attached hydrogen (secondary N) is 1. The van der Waals surface area contributed by atoms with Gasteiger partial charge in [-0.2, -0.15) is 0 Å². The van der Waals surface area contributed by atoms with Crippen LogP contribution in [0.25, 0.3) is 0 Å². The maximum absolute atomic E-state index is 9.83. The van der Waals surface area contributed by atoms with E-state index in [1.54, 1.807) is 0 Å². The molecule has 0 fully saturated rings. The Morgan fingerprint density at radius 3 is 2.12 bits per heavy atom. The van der Waals surface area contributed by atoms with Gasteiger partial charge in [-0.3, -0.25) is 0 Å². The van der Waals surface area contributed by atoms with Crippen LogP contribution in [0.3, 0.4) is 0 Å². The minimum Gasteiger partial charge on any atom is -0.390 e. The number of likely N-dealkylation sites (N-methyl/N-ethyl adjacent to an activating group) is 2. The van der Waals surface area contributed by atoms with E-state index in [1.165, 1.54) is 0 Å². The molecule has 0 spiro atoms. The van der Waals surface area contributed by atoms with Gasteiger partial charge in [-0.15, -0.1) is 0 Å². The Morgan fingerprint density at radius 1 is 1.12 bits per heavy atom. The first-order chi connectivity index (χ1) is 7.20. The van der Waals surface area contributed by atoms with Crippen LogP contribution in [0, 0.1) is 0 Å². The fourth-order valence-corrected chi connectivity index (χ4v) is 1.31. The lowest BCUT2D eigenvalue weighted by Crippen LogP contribution is -2.44. The van der Waals surface area contributed by atoms with Crippen LogP contribution < -0.4 is 5.32 Å². The van der Waals surface area contributed by atoms with Gasteiger partial charge >= 0.3 is 0 Å². The first-order valence-corrected chi connectivity index (χ1v) is 5.97. The zero-order chi connectivity index (χ0) is 12.8. The van der Waals surface area contributed by atoms with Crippen molar-refractivity contribution in [3.8, 4) is 0 Å². The van der Waals surface area contributed by atoms with Gasteiger partial charge in [0, 0.05) is 31.7 Å². The van der Waals surface area contributed by atoms with E-state index in [4.69, 9.17) is 0 Å².